The molecule has 0 bridgehead atoms. The topological polar surface area (TPSA) is 81.7 Å². The summed E-state index contributed by atoms with van der Waals surface area (Å²) in [6.07, 6.45) is 0. The van der Waals surface area contributed by atoms with E-state index >= 15 is 0 Å². The van der Waals surface area contributed by atoms with Gasteiger partial charge in [-0.05, 0) is 18.2 Å². The molecule has 0 unspecified atom stereocenters. The van der Waals surface area contributed by atoms with Crippen molar-refractivity contribution < 1.29 is 23.9 Å². The van der Waals surface area contributed by atoms with Crippen molar-refractivity contribution in [2.45, 2.75) is 0 Å². The molecule has 6 heteroatoms. The molecule has 0 aromatic heterocycles. The summed E-state index contributed by atoms with van der Waals surface area (Å²) in [6, 6.07) is 16.5. The predicted molar refractivity (Wildman–Crippen MR) is 107 cm³/mol. The number of methoxy groups -OCH3 is 2. The Morgan fingerprint density at radius 2 is 1.28 bits per heavy atom. The monoisotopic (exact) mass is 387 g/mol. The minimum absolute atomic E-state index is 0.179. The number of anilines is 1. The Morgan fingerprint density at radius 3 is 1.90 bits per heavy atom. The number of fused-ring (bicyclic) bond motifs is 2. The minimum Gasteiger partial charge on any atom is -0.496 e. The zero-order valence-corrected chi connectivity index (χ0v) is 15.8. The minimum atomic E-state index is -0.508. The summed E-state index contributed by atoms with van der Waals surface area (Å²) in [4.78, 5) is 39.0. The molecule has 1 aliphatic carbocycles. The zero-order chi connectivity index (χ0) is 20.5. The Bertz CT molecular complexity index is 1140. The van der Waals surface area contributed by atoms with E-state index in [0.29, 0.717) is 22.6 Å². The molecule has 3 aromatic rings. The molecule has 1 N–H and O–H groups in total. The molecule has 144 valence electrons. The third kappa shape index (κ3) is 2.95. The highest BCUT2D eigenvalue weighted by Crippen LogP contribution is 2.34. The average Bonchev–Trinajstić information content (AvgIpc) is 2.76. The van der Waals surface area contributed by atoms with E-state index in [1.165, 1.54) is 14.2 Å². The Labute approximate surface area is 167 Å². The third-order valence-electron chi connectivity index (χ3n) is 4.86. The van der Waals surface area contributed by atoms with E-state index in [-0.39, 0.29) is 33.9 Å². The summed E-state index contributed by atoms with van der Waals surface area (Å²) in [7, 11) is 2.91. The summed E-state index contributed by atoms with van der Waals surface area (Å²) >= 11 is 0. The Kier molecular flexibility index (Phi) is 4.60. The van der Waals surface area contributed by atoms with Crippen LogP contribution >= 0.6 is 0 Å². The van der Waals surface area contributed by atoms with E-state index in [1.807, 2.05) is 0 Å². The second-order valence-electron chi connectivity index (χ2n) is 6.42. The molecular formula is C23H17NO5. The van der Waals surface area contributed by atoms with E-state index in [0.717, 1.165) is 0 Å². The van der Waals surface area contributed by atoms with Gasteiger partial charge in [0.05, 0.1) is 25.5 Å². The van der Waals surface area contributed by atoms with Crippen molar-refractivity contribution in [1.82, 2.24) is 0 Å². The largest absolute Gasteiger partial charge is 0.496 e. The molecule has 0 aliphatic heterocycles. The van der Waals surface area contributed by atoms with Crippen LogP contribution in [0.3, 0.4) is 0 Å². The van der Waals surface area contributed by atoms with Crippen LogP contribution in [-0.2, 0) is 0 Å². The fourth-order valence-corrected chi connectivity index (χ4v) is 3.51. The highest BCUT2D eigenvalue weighted by atomic mass is 16.5. The number of carbonyl (C=O) groups is 3. The fraction of sp³-hybridized carbons (Fsp3) is 0.0870. The van der Waals surface area contributed by atoms with Gasteiger partial charge in [0.25, 0.3) is 5.91 Å². The van der Waals surface area contributed by atoms with Crippen LogP contribution in [0.4, 0.5) is 5.69 Å². The molecule has 29 heavy (non-hydrogen) atoms. The molecule has 1 aliphatic rings. The van der Waals surface area contributed by atoms with Gasteiger partial charge in [-0.25, -0.2) is 0 Å². The second-order valence-corrected chi connectivity index (χ2v) is 6.42. The van der Waals surface area contributed by atoms with Crippen LogP contribution in [0.15, 0.2) is 60.7 Å². The van der Waals surface area contributed by atoms with E-state index < -0.39 is 5.91 Å². The van der Waals surface area contributed by atoms with Gasteiger partial charge in [0.2, 0.25) is 0 Å². The maximum atomic E-state index is 13.1. The highest BCUT2D eigenvalue weighted by Gasteiger charge is 2.32. The maximum absolute atomic E-state index is 13.1. The van der Waals surface area contributed by atoms with Crippen LogP contribution in [0.5, 0.6) is 11.5 Å². The first kappa shape index (κ1) is 18.4. The lowest BCUT2D eigenvalue weighted by atomic mass is 9.83. The van der Waals surface area contributed by atoms with E-state index in [4.69, 9.17) is 9.47 Å². The summed E-state index contributed by atoms with van der Waals surface area (Å²) in [5.41, 5.74) is 1.58. The number of rotatable bonds is 4. The second kappa shape index (κ2) is 7.24. The number of amides is 1. The first-order chi connectivity index (χ1) is 14.1. The van der Waals surface area contributed by atoms with Gasteiger partial charge >= 0.3 is 0 Å². The summed E-state index contributed by atoms with van der Waals surface area (Å²) in [5.74, 6) is -0.398. The quantitative estimate of drug-likeness (QED) is 0.577. The summed E-state index contributed by atoms with van der Waals surface area (Å²) in [5, 5.41) is 2.75. The number of ether oxygens (including phenoxy) is 2. The summed E-state index contributed by atoms with van der Waals surface area (Å²) < 4.78 is 10.6. The van der Waals surface area contributed by atoms with Crippen LogP contribution in [0.2, 0.25) is 0 Å². The van der Waals surface area contributed by atoms with Gasteiger partial charge in [-0.1, -0.05) is 42.5 Å². The van der Waals surface area contributed by atoms with Gasteiger partial charge in [-0.15, -0.1) is 0 Å². The van der Waals surface area contributed by atoms with Crippen LogP contribution < -0.4 is 14.8 Å². The molecule has 0 atom stereocenters. The van der Waals surface area contributed by atoms with Crippen LogP contribution in [-0.4, -0.2) is 31.7 Å². The summed E-state index contributed by atoms with van der Waals surface area (Å²) in [6.45, 7) is 0. The molecule has 0 heterocycles. The Balaban J connectivity index is 1.79. The number of benzene rings is 3. The first-order valence-electron chi connectivity index (χ1n) is 8.90. The van der Waals surface area contributed by atoms with Crippen molar-refractivity contribution >= 4 is 23.2 Å². The number of nitrogens with one attached hydrogen (secondary N) is 1. The Hall–Kier alpha value is -3.93. The number of hydrogen-bond acceptors (Lipinski definition) is 5. The van der Waals surface area contributed by atoms with Crippen molar-refractivity contribution in [3.8, 4) is 11.5 Å². The van der Waals surface area contributed by atoms with E-state index in [1.54, 1.807) is 60.7 Å². The molecule has 4 rings (SSSR count). The van der Waals surface area contributed by atoms with Crippen molar-refractivity contribution in [1.29, 1.82) is 0 Å². The molecular weight excluding hydrogens is 370 g/mol. The van der Waals surface area contributed by atoms with Gasteiger partial charge in [-0.3, -0.25) is 14.4 Å². The van der Waals surface area contributed by atoms with Crippen molar-refractivity contribution in [3.63, 3.8) is 0 Å². The SMILES string of the molecule is COc1cccc(OC)c1C(=O)Nc1cccc2c1C(=O)c1ccccc1C2=O. The zero-order valence-electron chi connectivity index (χ0n) is 15.8. The molecule has 1 amide bonds. The molecule has 0 radical (unpaired) electrons. The van der Waals surface area contributed by atoms with Gasteiger partial charge < -0.3 is 14.8 Å². The fourth-order valence-electron chi connectivity index (χ4n) is 3.51. The van der Waals surface area contributed by atoms with Crippen molar-refractivity contribution in [2.24, 2.45) is 0 Å². The normalized spacial score (nSPS) is 12.1. The molecule has 0 spiro atoms. The van der Waals surface area contributed by atoms with E-state index in [9.17, 15) is 14.4 Å². The smallest absolute Gasteiger partial charge is 0.263 e. The van der Waals surface area contributed by atoms with E-state index in [2.05, 4.69) is 5.32 Å². The third-order valence-corrected chi connectivity index (χ3v) is 4.86. The van der Waals surface area contributed by atoms with Crippen molar-refractivity contribution in [3.05, 3.63) is 88.5 Å². The number of carbonyl (C=O) groups excluding carboxylic acids is 3. The Morgan fingerprint density at radius 1 is 0.724 bits per heavy atom. The molecule has 0 fully saturated rings. The van der Waals surface area contributed by atoms with Gasteiger partial charge in [0.1, 0.15) is 17.1 Å². The van der Waals surface area contributed by atoms with Crippen LogP contribution in [0.1, 0.15) is 42.2 Å². The maximum Gasteiger partial charge on any atom is 0.263 e. The van der Waals surface area contributed by atoms with Gasteiger partial charge in [0.15, 0.2) is 11.6 Å². The molecule has 0 saturated heterocycles. The molecule has 0 saturated carbocycles. The number of hydrogen-bond donors (Lipinski definition) is 1. The standard InChI is InChI=1S/C23H17NO5/c1-28-17-11-6-12-18(29-2)20(17)23(27)24-16-10-5-9-15-19(16)22(26)14-8-4-3-7-13(14)21(15)25/h3-12H,1-2H3,(H,24,27). The lowest BCUT2D eigenvalue weighted by Crippen LogP contribution is -2.24. The highest BCUT2D eigenvalue weighted by molar-refractivity contribution is 6.30. The van der Waals surface area contributed by atoms with Crippen molar-refractivity contribution in [2.75, 3.05) is 19.5 Å². The van der Waals surface area contributed by atoms with Crippen LogP contribution in [0, 0.1) is 0 Å². The van der Waals surface area contributed by atoms with Crippen LogP contribution in [0.25, 0.3) is 0 Å². The van der Waals surface area contributed by atoms with Gasteiger partial charge in [0, 0.05) is 16.7 Å². The van der Waals surface area contributed by atoms with Gasteiger partial charge in [-0.2, -0.15) is 0 Å². The molecule has 3 aromatic carbocycles. The molecule has 6 nitrogen and oxygen atoms in total. The first-order valence-corrected chi connectivity index (χ1v) is 8.90. The average molecular weight is 387 g/mol. The number of ketones is 2. The predicted octanol–water partition coefficient (Wildman–Crippen LogP) is 3.73. The lowest BCUT2D eigenvalue weighted by molar-refractivity contribution is 0.0978. The lowest BCUT2D eigenvalue weighted by Gasteiger charge is -2.20.